The summed E-state index contributed by atoms with van der Waals surface area (Å²) >= 11 is 7.78. The molecule has 0 saturated carbocycles. The van der Waals surface area contributed by atoms with Crippen LogP contribution in [0.25, 0.3) is 0 Å². The Bertz CT molecular complexity index is 470. The van der Waals surface area contributed by atoms with Gasteiger partial charge in [0, 0.05) is 11.4 Å². The lowest BCUT2D eigenvalue weighted by Crippen LogP contribution is -1.94. The molecule has 0 radical (unpaired) electrons. The van der Waals surface area contributed by atoms with Gasteiger partial charge in [-0.25, -0.2) is 0 Å². The molecule has 0 saturated heterocycles. The van der Waals surface area contributed by atoms with E-state index in [1.807, 2.05) is 6.07 Å². The van der Waals surface area contributed by atoms with Crippen molar-refractivity contribution >= 4 is 44.7 Å². The molecule has 1 rings (SSSR count). The number of aliphatic imine (C=N–C) groups is 1. The molecule has 0 spiro atoms. The Labute approximate surface area is 107 Å². The Morgan fingerprint density at radius 1 is 1.62 bits per heavy atom. The van der Waals surface area contributed by atoms with E-state index in [9.17, 15) is 10.1 Å². The topological polar surface area (TPSA) is 55.5 Å². The van der Waals surface area contributed by atoms with Crippen LogP contribution in [0.2, 0.25) is 0 Å². The maximum absolute atomic E-state index is 10.9. The molecule has 0 N–H and O–H groups in total. The molecular formula is C10H9BrN2O2S. The number of thiocarbonyl (C=S) groups is 1. The average molecular weight is 301 g/mol. The highest BCUT2D eigenvalue weighted by molar-refractivity contribution is 9.09. The zero-order chi connectivity index (χ0) is 12.1. The van der Waals surface area contributed by atoms with E-state index in [1.165, 1.54) is 6.07 Å². The summed E-state index contributed by atoms with van der Waals surface area (Å²) in [7, 11) is 0. The molecule has 6 heteroatoms. The van der Waals surface area contributed by atoms with Crippen LogP contribution < -0.4 is 0 Å². The third-order valence-corrected chi connectivity index (χ3v) is 2.57. The Balaban J connectivity index is 3.38. The summed E-state index contributed by atoms with van der Waals surface area (Å²) < 4.78 is 0. The van der Waals surface area contributed by atoms with Gasteiger partial charge in [0.2, 0.25) is 0 Å². The van der Waals surface area contributed by atoms with E-state index < -0.39 is 4.92 Å². The fraction of sp³-hybridized carbons (Fsp3) is 0.300. The Hall–Kier alpha value is -1.10. The first-order valence-electron chi connectivity index (χ1n) is 4.52. The number of isothiocyanates is 1. The van der Waals surface area contributed by atoms with Crippen LogP contribution in [0.3, 0.4) is 0 Å². The van der Waals surface area contributed by atoms with Crippen molar-refractivity contribution < 1.29 is 4.92 Å². The molecule has 0 bridgehead atoms. The number of nitrogens with zero attached hydrogens (tertiary/aromatic N) is 2. The second-order valence-electron chi connectivity index (χ2n) is 3.18. The van der Waals surface area contributed by atoms with Gasteiger partial charge in [0.05, 0.1) is 10.1 Å². The van der Waals surface area contributed by atoms with E-state index >= 15 is 0 Å². The lowest BCUT2D eigenvalue weighted by Gasteiger charge is -2.04. The number of aryl methyl sites for hydroxylation is 2. The number of hydrogen-bond acceptors (Lipinski definition) is 4. The fourth-order valence-electron chi connectivity index (χ4n) is 1.42. The third-order valence-electron chi connectivity index (χ3n) is 2.08. The van der Waals surface area contributed by atoms with Crippen LogP contribution in [0.4, 0.5) is 11.4 Å². The molecule has 0 aliphatic rings. The highest BCUT2D eigenvalue weighted by Gasteiger charge is 2.16. The van der Waals surface area contributed by atoms with Gasteiger partial charge >= 0.3 is 0 Å². The largest absolute Gasteiger partial charge is 0.296 e. The smallest absolute Gasteiger partial charge is 0.258 e. The van der Waals surface area contributed by atoms with Crippen LogP contribution in [0.1, 0.15) is 11.1 Å². The van der Waals surface area contributed by atoms with Gasteiger partial charge in [-0.2, -0.15) is 4.99 Å². The van der Waals surface area contributed by atoms with E-state index in [2.05, 4.69) is 38.3 Å². The molecule has 0 heterocycles. The molecule has 0 aliphatic heterocycles. The standard InChI is InChI=1S/C10H9BrN2O2S/c1-7-4-8(2-3-11)5-9(13(14)15)10(7)12-6-16/h4-5H,2-3H2,1H3. The van der Waals surface area contributed by atoms with Crippen molar-refractivity contribution in [2.45, 2.75) is 13.3 Å². The summed E-state index contributed by atoms with van der Waals surface area (Å²) in [6.07, 6.45) is 0.739. The highest BCUT2D eigenvalue weighted by atomic mass is 79.9. The first-order valence-corrected chi connectivity index (χ1v) is 6.05. The van der Waals surface area contributed by atoms with Crippen molar-refractivity contribution in [2.24, 2.45) is 4.99 Å². The minimum absolute atomic E-state index is 0.0201. The minimum atomic E-state index is -0.448. The average Bonchev–Trinajstić information content (AvgIpc) is 2.22. The number of nitro benzene ring substituents is 1. The number of halogens is 1. The first-order chi connectivity index (χ1) is 7.60. The number of alkyl halides is 1. The molecule has 0 atom stereocenters. The maximum atomic E-state index is 10.9. The van der Waals surface area contributed by atoms with Gasteiger partial charge in [-0.1, -0.05) is 22.0 Å². The van der Waals surface area contributed by atoms with Crippen LogP contribution >= 0.6 is 28.1 Å². The molecule has 1 aromatic rings. The number of nitro groups is 1. The van der Waals surface area contributed by atoms with Crippen LogP contribution in [-0.4, -0.2) is 15.4 Å². The first kappa shape index (κ1) is 13.0. The zero-order valence-electron chi connectivity index (χ0n) is 8.57. The second-order valence-corrected chi connectivity index (χ2v) is 4.16. The summed E-state index contributed by atoms with van der Waals surface area (Å²) in [5.41, 5.74) is 1.92. The van der Waals surface area contributed by atoms with E-state index in [0.717, 1.165) is 22.9 Å². The van der Waals surface area contributed by atoms with Crippen molar-refractivity contribution in [1.29, 1.82) is 0 Å². The predicted molar refractivity (Wildman–Crippen MR) is 70.0 cm³/mol. The van der Waals surface area contributed by atoms with Crippen molar-refractivity contribution in [3.05, 3.63) is 33.4 Å². The van der Waals surface area contributed by atoms with E-state index in [4.69, 9.17) is 0 Å². The SMILES string of the molecule is Cc1cc(CCBr)cc([N+](=O)[O-])c1N=C=S. The molecular weight excluding hydrogens is 292 g/mol. The van der Waals surface area contributed by atoms with Crippen molar-refractivity contribution in [3.63, 3.8) is 0 Å². The number of benzene rings is 1. The number of rotatable bonds is 4. The van der Waals surface area contributed by atoms with E-state index in [1.54, 1.807) is 6.92 Å². The predicted octanol–water partition coefficient (Wildman–Crippen LogP) is 3.57. The van der Waals surface area contributed by atoms with E-state index in [0.29, 0.717) is 5.69 Å². The molecule has 0 aromatic heterocycles. The van der Waals surface area contributed by atoms with Crippen molar-refractivity contribution in [2.75, 3.05) is 5.33 Å². The lowest BCUT2D eigenvalue weighted by molar-refractivity contribution is -0.384. The van der Waals surface area contributed by atoms with Crippen LogP contribution in [0, 0.1) is 17.0 Å². The Morgan fingerprint density at radius 3 is 2.81 bits per heavy atom. The molecule has 84 valence electrons. The molecule has 0 amide bonds. The molecule has 0 aliphatic carbocycles. The Morgan fingerprint density at radius 2 is 2.31 bits per heavy atom. The lowest BCUT2D eigenvalue weighted by atomic mass is 10.1. The summed E-state index contributed by atoms with van der Waals surface area (Å²) in [5.74, 6) is 0. The Kier molecular flexibility index (Phi) is 4.73. The normalized spacial score (nSPS) is 9.62. The summed E-state index contributed by atoms with van der Waals surface area (Å²) in [6, 6.07) is 3.40. The van der Waals surface area contributed by atoms with Gasteiger partial charge in [-0.15, -0.1) is 0 Å². The molecule has 0 unspecified atom stereocenters. The maximum Gasteiger partial charge on any atom is 0.296 e. The quantitative estimate of drug-likeness (QED) is 0.281. The second kappa shape index (κ2) is 5.84. The molecule has 16 heavy (non-hydrogen) atoms. The van der Waals surface area contributed by atoms with Crippen molar-refractivity contribution in [1.82, 2.24) is 0 Å². The highest BCUT2D eigenvalue weighted by Crippen LogP contribution is 2.32. The number of hydrogen-bond donors (Lipinski definition) is 0. The van der Waals surface area contributed by atoms with Gasteiger partial charge < -0.3 is 0 Å². The fourth-order valence-corrected chi connectivity index (χ4v) is 1.97. The summed E-state index contributed by atoms with van der Waals surface area (Å²) in [6.45, 7) is 1.77. The zero-order valence-corrected chi connectivity index (χ0v) is 11.0. The monoisotopic (exact) mass is 300 g/mol. The van der Waals surface area contributed by atoms with Gasteiger partial charge in [-0.05, 0) is 36.7 Å². The van der Waals surface area contributed by atoms with Gasteiger partial charge in [0.1, 0.15) is 0 Å². The summed E-state index contributed by atoms with van der Waals surface area (Å²) in [4.78, 5) is 14.2. The van der Waals surface area contributed by atoms with Crippen molar-refractivity contribution in [3.8, 4) is 0 Å². The molecule has 0 fully saturated rings. The van der Waals surface area contributed by atoms with Gasteiger partial charge in [0.15, 0.2) is 5.69 Å². The van der Waals surface area contributed by atoms with E-state index in [-0.39, 0.29) is 5.69 Å². The van der Waals surface area contributed by atoms with Gasteiger partial charge in [0.25, 0.3) is 5.69 Å². The van der Waals surface area contributed by atoms with Gasteiger partial charge in [-0.3, -0.25) is 10.1 Å². The minimum Gasteiger partial charge on any atom is -0.258 e. The van der Waals surface area contributed by atoms with Crippen LogP contribution in [-0.2, 0) is 6.42 Å². The summed E-state index contributed by atoms with van der Waals surface area (Å²) in [5, 5.41) is 13.8. The third kappa shape index (κ3) is 2.95. The molecule has 1 aromatic carbocycles. The van der Waals surface area contributed by atoms with Crippen LogP contribution in [0.5, 0.6) is 0 Å². The molecule has 4 nitrogen and oxygen atoms in total. The van der Waals surface area contributed by atoms with Crippen LogP contribution in [0.15, 0.2) is 17.1 Å².